The van der Waals surface area contributed by atoms with Crippen LogP contribution >= 0.6 is 0 Å². The quantitative estimate of drug-likeness (QED) is 0.207. The van der Waals surface area contributed by atoms with Crippen LogP contribution in [-0.2, 0) is 19.1 Å². The van der Waals surface area contributed by atoms with Gasteiger partial charge in [0.15, 0.2) is 6.17 Å². The molecule has 1 rings (SSSR count). The maximum Gasteiger partial charge on any atom is 0.375 e. The minimum absolute atomic E-state index is 0.149. The zero-order valence-corrected chi connectivity index (χ0v) is 17.4. The SMILES string of the molecule is CCCCCCCCOC(=O)[C@]1(F)O[C@@H]([C@H](O)[C@H](O)CO)[C@H](NC(C)=O)[C@@H](N)[C@H]1F. The van der Waals surface area contributed by atoms with Gasteiger partial charge in [-0.1, -0.05) is 39.0 Å². The first-order valence-corrected chi connectivity index (χ1v) is 10.3. The predicted molar refractivity (Wildman–Crippen MR) is 103 cm³/mol. The summed E-state index contributed by atoms with van der Waals surface area (Å²) >= 11 is 0. The van der Waals surface area contributed by atoms with Crippen LogP contribution in [0.3, 0.4) is 0 Å². The highest BCUT2D eigenvalue weighted by molar-refractivity contribution is 5.79. The van der Waals surface area contributed by atoms with Gasteiger partial charge in [-0.25, -0.2) is 9.18 Å². The molecule has 0 bridgehead atoms. The summed E-state index contributed by atoms with van der Waals surface area (Å²) in [6.07, 6.45) is -2.98. The number of alkyl halides is 2. The Hall–Kier alpha value is -1.40. The maximum atomic E-state index is 15.3. The van der Waals surface area contributed by atoms with Crippen molar-refractivity contribution in [2.24, 2.45) is 5.73 Å². The molecule has 11 heteroatoms. The molecule has 0 aromatic heterocycles. The van der Waals surface area contributed by atoms with Crippen LogP contribution in [-0.4, -0.2) is 82.8 Å². The molecule has 6 N–H and O–H groups in total. The minimum Gasteiger partial charge on any atom is -0.461 e. The van der Waals surface area contributed by atoms with E-state index in [-0.39, 0.29) is 6.61 Å². The summed E-state index contributed by atoms with van der Waals surface area (Å²) in [7, 11) is 0. The van der Waals surface area contributed by atoms with Gasteiger partial charge in [0.2, 0.25) is 5.91 Å². The Morgan fingerprint density at radius 3 is 2.40 bits per heavy atom. The van der Waals surface area contributed by atoms with Gasteiger partial charge < -0.3 is 35.8 Å². The average molecular weight is 440 g/mol. The number of halogens is 2. The maximum absolute atomic E-state index is 15.3. The first-order chi connectivity index (χ1) is 14.1. The zero-order chi connectivity index (χ0) is 22.9. The van der Waals surface area contributed by atoms with Crippen molar-refractivity contribution < 1.29 is 43.2 Å². The fourth-order valence-corrected chi connectivity index (χ4v) is 3.31. The molecule has 0 saturated carbocycles. The number of rotatable bonds is 12. The third-order valence-corrected chi connectivity index (χ3v) is 5.07. The van der Waals surface area contributed by atoms with Crippen LogP contribution in [0.5, 0.6) is 0 Å². The molecule has 1 fully saturated rings. The number of hydrogen-bond acceptors (Lipinski definition) is 8. The molecule has 1 aliphatic heterocycles. The van der Waals surface area contributed by atoms with Crippen molar-refractivity contribution in [2.75, 3.05) is 13.2 Å². The Kier molecular flexibility index (Phi) is 11.1. The van der Waals surface area contributed by atoms with Crippen molar-refractivity contribution in [1.82, 2.24) is 5.32 Å². The number of hydrogen-bond donors (Lipinski definition) is 5. The third kappa shape index (κ3) is 6.81. The Balaban J connectivity index is 2.86. The van der Waals surface area contributed by atoms with Gasteiger partial charge in [-0.2, -0.15) is 4.39 Å². The summed E-state index contributed by atoms with van der Waals surface area (Å²) in [5.41, 5.74) is 5.70. The summed E-state index contributed by atoms with van der Waals surface area (Å²) in [5.74, 6) is -5.97. The summed E-state index contributed by atoms with van der Waals surface area (Å²) in [6, 6.07) is -3.26. The molecule has 9 nitrogen and oxygen atoms in total. The van der Waals surface area contributed by atoms with E-state index >= 15 is 4.39 Å². The number of amides is 1. The van der Waals surface area contributed by atoms with Gasteiger partial charge >= 0.3 is 11.8 Å². The first-order valence-electron chi connectivity index (χ1n) is 10.3. The fraction of sp³-hybridized carbons (Fsp3) is 0.895. The van der Waals surface area contributed by atoms with Crippen LogP contribution < -0.4 is 11.1 Å². The molecule has 1 aliphatic rings. The number of carbonyl (C=O) groups is 2. The highest BCUT2D eigenvalue weighted by atomic mass is 19.2. The lowest BCUT2D eigenvalue weighted by atomic mass is 9.86. The number of esters is 1. The third-order valence-electron chi connectivity index (χ3n) is 5.07. The Labute approximate surface area is 174 Å². The van der Waals surface area contributed by atoms with E-state index < -0.39 is 60.9 Å². The van der Waals surface area contributed by atoms with Gasteiger partial charge in [-0.3, -0.25) is 4.79 Å². The second-order valence-electron chi connectivity index (χ2n) is 7.58. The molecule has 0 unspecified atom stereocenters. The molecule has 0 aromatic rings. The standard InChI is InChI=1S/C19H34F2N2O7/c1-3-4-5-6-7-8-9-29-18(28)19(21)17(20)13(22)14(23-11(2)25)16(30-19)15(27)12(26)10-24/h12-17,24,26-27H,3-10,22H2,1-2H3,(H,23,25)/t12-,13-,14-,15-,16-,17-,19-/m1/s1. The average Bonchev–Trinajstić information content (AvgIpc) is 2.71. The van der Waals surface area contributed by atoms with Crippen LogP contribution in [0.1, 0.15) is 52.4 Å². The molecule has 30 heavy (non-hydrogen) atoms. The van der Waals surface area contributed by atoms with Gasteiger partial charge in [-0.15, -0.1) is 0 Å². The second-order valence-corrected chi connectivity index (χ2v) is 7.58. The lowest BCUT2D eigenvalue weighted by Gasteiger charge is -2.46. The molecule has 7 atom stereocenters. The molecule has 0 aromatic carbocycles. The molecular formula is C19H34F2N2O7. The number of ether oxygens (including phenoxy) is 2. The topological polar surface area (TPSA) is 151 Å². The smallest absolute Gasteiger partial charge is 0.375 e. The van der Waals surface area contributed by atoms with Crippen LogP contribution in [0.2, 0.25) is 0 Å². The molecule has 1 amide bonds. The van der Waals surface area contributed by atoms with Crippen molar-refractivity contribution >= 4 is 11.9 Å². The van der Waals surface area contributed by atoms with E-state index in [4.69, 9.17) is 20.3 Å². The normalized spacial score (nSPS) is 31.1. The number of carbonyl (C=O) groups excluding carboxylic acids is 2. The van der Waals surface area contributed by atoms with Gasteiger partial charge in [-0.05, 0) is 6.42 Å². The molecule has 1 saturated heterocycles. The molecular weight excluding hydrogens is 406 g/mol. The van der Waals surface area contributed by atoms with Crippen molar-refractivity contribution in [1.29, 1.82) is 0 Å². The van der Waals surface area contributed by atoms with Crippen molar-refractivity contribution in [3.63, 3.8) is 0 Å². The van der Waals surface area contributed by atoms with Crippen LogP contribution in [0, 0.1) is 0 Å². The van der Waals surface area contributed by atoms with E-state index in [1.54, 1.807) is 0 Å². The largest absolute Gasteiger partial charge is 0.461 e. The minimum atomic E-state index is -3.64. The number of aliphatic hydroxyl groups is 3. The van der Waals surface area contributed by atoms with Crippen LogP contribution in [0.4, 0.5) is 8.78 Å². The number of unbranched alkanes of at least 4 members (excludes halogenated alkanes) is 5. The second kappa shape index (κ2) is 12.5. The monoisotopic (exact) mass is 440 g/mol. The number of aliphatic hydroxyl groups excluding tert-OH is 3. The van der Waals surface area contributed by atoms with E-state index in [1.807, 2.05) is 0 Å². The summed E-state index contributed by atoms with van der Waals surface area (Å²) in [4.78, 5) is 23.7. The highest BCUT2D eigenvalue weighted by Crippen LogP contribution is 2.35. The predicted octanol–water partition coefficient (Wildman–Crippen LogP) is -0.161. The number of nitrogens with one attached hydrogen (secondary N) is 1. The van der Waals surface area contributed by atoms with E-state index in [0.717, 1.165) is 39.0 Å². The van der Waals surface area contributed by atoms with Crippen molar-refractivity contribution in [2.45, 2.75) is 94.8 Å². The van der Waals surface area contributed by atoms with Crippen molar-refractivity contribution in [3.05, 3.63) is 0 Å². The Morgan fingerprint density at radius 2 is 1.83 bits per heavy atom. The summed E-state index contributed by atoms with van der Waals surface area (Å²) in [5, 5.41) is 31.1. The first kappa shape index (κ1) is 26.6. The van der Waals surface area contributed by atoms with E-state index in [2.05, 4.69) is 12.2 Å². The summed E-state index contributed by atoms with van der Waals surface area (Å²) < 4.78 is 39.7. The highest BCUT2D eigenvalue weighted by Gasteiger charge is 2.62. The molecule has 1 heterocycles. The van der Waals surface area contributed by atoms with Crippen LogP contribution in [0.25, 0.3) is 0 Å². The Morgan fingerprint density at radius 1 is 1.23 bits per heavy atom. The summed E-state index contributed by atoms with van der Waals surface area (Å²) in [6.45, 7) is 2.08. The molecule has 0 spiro atoms. The van der Waals surface area contributed by atoms with Gasteiger partial charge in [0.1, 0.15) is 18.3 Å². The fourth-order valence-electron chi connectivity index (χ4n) is 3.31. The van der Waals surface area contributed by atoms with Crippen LogP contribution in [0.15, 0.2) is 0 Å². The lowest BCUT2D eigenvalue weighted by molar-refractivity contribution is -0.278. The van der Waals surface area contributed by atoms with Gasteiger partial charge in [0.25, 0.3) is 0 Å². The zero-order valence-electron chi connectivity index (χ0n) is 17.4. The van der Waals surface area contributed by atoms with E-state index in [1.165, 1.54) is 0 Å². The number of nitrogens with two attached hydrogens (primary N) is 1. The van der Waals surface area contributed by atoms with E-state index in [0.29, 0.717) is 6.42 Å². The van der Waals surface area contributed by atoms with Gasteiger partial charge in [0, 0.05) is 6.92 Å². The molecule has 0 aliphatic carbocycles. The van der Waals surface area contributed by atoms with Gasteiger partial charge in [0.05, 0.1) is 25.3 Å². The van der Waals surface area contributed by atoms with Crippen molar-refractivity contribution in [3.8, 4) is 0 Å². The lowest BCUT2D eigenvalue weighted by Crippen LogP contribution is -2.73. The molecule has 0 radical (unpaired) electrons. The Bertz CT molecular complexity index is 557. The molecule has 176 valence electrons. The van der Waals surface area contributed by atoms with E-state index in [9.17, 15) is 24.2 Å².